The van der Waals surface area contributed by atoms with Crippen LogP contribution >= 0.6 is 11.6 Å². The van der Waals surface area contributed by atoms with Crippen LogP contribution in [0.3, 0.4) is 0 Å². The minimum atomic E-state index is -0.392. The van der Waals surface area contributed by atoms with Gasteiger partial charge in [-0.15, -0.1) is 0 Å². The zero-order valence-electron chi connectivity index (χ0n) is 16.0. The van der Waals surface area contributed by atoms with Gasteiger partial charge in [0.05, 0.1) is 5.56 Å². The molecule has 0 saturated heterocycles. The van der Waals surface area contributed by atoms with E-state index in [1.807, 2.05) is 38.9 Å². The number of carbonyl (C=O) groups is 2. The van der Waals surface area contributed by atoms with Gasteiger partial charge in [0.1, 0.15) is 0 Å². The van der Waals surface area contributed by atoms with Crippen LogP contribution in [0.25, 0.3) is 0 Å². The predicted molar refractivity (Wildman–Crippen MR) is 112 cm³/mol. The van der Waals surface area contributed by atoms with Crippen molar-refractivity contribution in [3.63, 3.8) is 0 Å². The number of anilines is 3. The fraction of sp³-hybridized carbons (Fsp3) is 0.300. The zero-order valence-corrected chi connectivity index (χ0v) is 16.8. The van der Waals surface area contributed by atoms with Gasteiger partial charge >= 0.3 is 6.03 Å². The Labute approximate surface area is 165 Å². The van der Waals surface area contributed by atoms with Crippen molar-refractivity contribution in [2.45, 2.75) is 13.8 Å². The Hall–Kier alpha value is -2.73. The first kappa shape index (κ1) is 20.6. The van der Waals surface area contributed by atoms with E-state index in [-0.39, 0.29) is 5.91 Å². The van der Waals surface area contributed by atoms with Gasteiger partial charge in [0, 0.05) is 49.3 Å². The number of rotatable bonds is 6. The molecule has 3 amide bonds. The summed E-state index contributed by atoms with van der Waals surface area (Å²) in [5.74, 6) is -0.0644. The van der Waals surface area contributed by atoms with Crippen molar-refractivity contribution < 1.29 is 9.59 Å². The van der Waals surface area contributed by atoms with Crippen LogP contribution in [-0.4, -0.2) is 44.0 Å². The summed E-state index contributed by atoms with van der Waals surface area (Å²) in [5, 5.41) is 6.10. The number of nitrogens with one attached hydrogen (secondary N) is 2. The quantitative estimate of drug-likeness (QED) is 0.763. The van der Waals surface area contributed by atoms with Crippen molar-refractivity contribution in [1.29, 1.82) is 0 Å². The third kappa shape index (κ3) is 5.37. The van der Waals surface area contributed by atoms with E-state index in [4.69, 9.17) is 11.6 Å². The highest BCUT2D eigenvalue weighted by Gasteiger charge is 2.19. The number of hydrogen-bond acceptors (Lipinski definition) is 3. The Morgan fingerprint density at radius 2 is 1.48 bits per heavy atom. The van der Waals surface area contributed by atoms with Gasteiger partial charge in [0.2, 0.25) is 0 Å². The van der Waals surface area contributed by atoms with Gasteiger partial charge in [0.15, 0.2) is 0 Å². The molecule has 0 heterocycles. The van der Waals surface area contributed by atoms with Crippen LogP contribution in [0.15, 0.2) is 42.5 Å². The maximum atomic E-state index is 12.9. The van der Waals surface area contributed by atoms with Crippen LogP contribution in [-0.2, 0) is 0 Å². The van der Waals surface area contributed by atoms with E-state index in [9.17, 15) is 9.59 Å². The van der Waals surface area contributed by atoms with Gasteiger partial charge in [-0.05, 0) is 56.3 Å². The SMILES string of the molecule is CCN(CC)C(=O)c1cc(NC(=O)Nc2ccc(Cl)cc2)ccc1N(C)C. The van der Waals surface area contributed by atoms with E-state index in [1.54, 1.807) is 41.3 Å². The number of nitrogens with zero attached hydrogens (tertiary/aromatic N) is 2. The van der Waals surface area contributed by atoms with E-state index in [0.29, 0.717) is 35.1 Å². The minimum absolute atomic E-state index is 0.0644. The number of amides is 3. The van der Waals surface area contributed by atoms with Gasteiger partial charge in [-0.25, -0.2) is 4.79 Å². The maximum absolute atomic E-state index is 12.9. The number of halogens is 1. The summed E-state index contributed by atoms with van der Waals surface area (Å²) >= 11 is 5.85. The summed E-state index contributed by atoms with van der Waals surface area (Å²) in [5.41, 5.74) is 2.52. The molecule has 2 N–H and O–H groups in total. The fourth-order valence-electron chi connectivity index (χ4n) is 2.68. The average Bonchev–Trinajstić information content (AvgIpc) is 2.64. The van der Waals surface area contributed by atoms with Crippen molar-refractivity contribution in [3.8, 4) is 0 Å². The van der Waals surface area contributed by atoms with E-state index in [0.717, 1.165) is 5.69 Å². The van der Waals surface area contributed by atoms with Crippen LogP contribution < -0.4 is 15.5 Å². The van der Waals surface area contributed by atoms with Gasteiger partial charge < -0.3 is 20.4 Å². The molecule has 0 radical (unpaired) electrons. The minimum Gasteiger partial charge on any atom is -0.377 e. The van der Waals surface area contributed by atoms with Gasteiger partial charge in [-0.3, -0.25) is 4.79 Å². The van der Waals surface area contributed by atoms with Crippen LogP contribution in [0.2, 0.25) is 5.02 Å². The van der Waals surface area contributed by atoms with Crippen molar-refractivity contribution in [2.24, 2.45) is 0 Å². The highest BCUT2D eigenvalue weighted by molar-refractivity contribution is 6.30. The standard InChI is InChI=1S/C20H25ClN4O2/c1-5-25(6-2)19(26)17-13-16(11-12-18(17)24(3)4)23-20(27)22-15-9-7-14(21)8-10-15/h7-13H,5-6H2,1-4H3,(H2,22,23,27). The highest BCUT2D eigenvalue weighted by Crippen LogP contribution is 2.25. The highest BCUT2D eigenvalue weighted by atomic mass is 35.5. The molecule has 0 bridgehead atoms. The van der Waals surface area contributed by atoms with Gasteiger partial charge in [0.25, 0.3) is 5.91 Å². The predicted octanol–water partition coefficient (Wildman–Crippen LogP) is 4.53. The monoisotopic (exact) mass is 388 g/mol. The first-order valence-electron chi connectivity index (χ1n) is 8.79. The fourth-order valence-corrected chi connectivity index (χ4v) is 2.81. The first-order chi connectivity index (χ1) is 12.8. The van der Waals surface area contributed by atoms with Crippen LogP contribution in [0.1, 0.15) is 24.2 Å². The summed E-state index contributed by atoms with van der Waals surface area (Å²) in [7, 11) is 3.77. The number of carbonyl (C=O) groups excluding carboxylic acids is 2. The zero-order chi connectivity index (χ0) is 20.0. The van der Waals surface area contributed by atoms with E-state index < -0.39 is 6.03 Å². The number of urea groups is 1. The Morgan fingerprint density at radius 1 is 0.926 bits per heavy atom. The molecule has 27 heavy (non-hydrogen) atoms. The molecular weight excluding hydrogens is 364 g/mol. The Bertz CT molecular complexity index is 802. The summed E-state index contributed by atoms with van der Waals surface area (Å²) in [6, 6.07) is 11.7. The van der Waals surface area contributed by atoms with Crippen molar-refractivity contribution in [2.75, 3.05) is 42.7 Å². The van der Waals surface area contributed by atoms with Crippen molar-refractivity contribution in [3.05, 3.63) is 53.1 Å². The molecule has 2 aromatic carbocycles. The topological polar surface area (TPSA) is 64.7 Å². The molecule has 0 saturated carbocycles. The summed E-state index contributed by atoms with van der Waals surface area (Å²) in [4.78, 5) is 28.7. The molecule has 0 fully saturated rings. The number of hydrogen-bond donors (Lipinski definition) is 2. The second-order valence-corrected chi connectivity index (χ2v) is 6.63. The Morgan fingerprint density at radius 3 is 2.04 bits per heavy atom. The normalized spacial score (nSPS) is 10.3. The molecule has 7 heteroatoms. The smallest absolute Gasteiger partial charge is 0.323 e. The van der Waals surface area contributed by atoms with E-state index >= 15 is 0 Å². The molecule has 0 aromatic heterocycles. The Kier molecular flexibility index (Phi) is 7.07. The van der Waals surface area contributed by atoms with Crippen molar-refractivity contribution in [1.82, 2.24) is 4.90 Å². The molecular formula is C20H25ClN4O2. The second kappa shape index (κ2) is 9.28. The molecule has 0 unspecified atom stereocenters. The molecule has 6 nitrogen and oxygen atoms in total. The number of benzene rings is 2. The lowest BCUT2D eigenvalue weighted by molar-refractivity contribution is 0.0773. The molecule has 0 aliphatic heterocycles. The van der Waals surface area contributed by atoms with Crippen molar-refractivity contribution >= 4 is 40.6 Å². The van der Waals surface area contributed by atoms with E-state index in [2.05, 4.69) is 10.6 Å². The average molecular weight is 389 g/mol. The Balaban J connectivity index is 2.22. The van der Waals surface area contributed by atoms with Gasteiger partial charge in [-0.2, -0.15) is 0 Å². The molecule has 144 valence electrons. The van der Waals surface area contributed by atoms with Crippen LogP contribution in [0.5, 0.6) is 0 Å². The second-order valence-electron chi connectivity index (χ2n) is 6.19. The van der Waals surface area contributed by atoms with E-state index in [1.165, 1.54) is 0 Å². The van der Waals surface area contributed by atoms with Gasteiger partial charge in [-0.1, -0.05) is 11.6 Å². The molecule has 0 atom stereocenters. The third-order valence-electron chi connectivity index (χ3n) is 4.12. The first-order valence-corrected chi connectivity index (χ1v) is 9.17. The summed E-state index contributed by atoms with van der Waals surface area (Å²) < 4.78 is 0. The molecule has 2 aromatic rings. The molecule has 2 rings (SSSR count). The van der Waals surface area contributed by atoms with Crippen LogP contribution in [0.4, 0.5) is 21.9 Å². The van der Waals surface area contributed by atoms with Crippen LogP contribution in [0, 0.1) is 0 Å². The summed E-state index contributed by atoms with van der Waals surface area (Å²) in [6.07, 6.45) is 0. The maximum Gasteiger partial charge on any atom is 0.323 e. The lowest BCUT2D eigenvalue weighted by Gasteiger charge is -2.23. The summed E-state index contributed by atoms with van der Waals surface area (Å²) in [6.45, 7) is 5.13. The molecule has 0 spiro atoms. The molecule has 0 aliphatic rings. The third-order valence-corrected chi connectivity index (χ3v) is 4.37. The lowest BCUT2D eigenvalue weighted by atomic mass is 10.1. The lowest BCUT2D eigenvalue weighted by Crippen LogP contribution is -2.32. The molecule has 0 aliphatic carbocycles. The largest absolute Gasteiger partial charge is 0.377 e.